The van der Waals surface area contributed by atoms with Gasteiger partial charge in [-0.05, 0) is 37.4 Å². The van der Waals surface area contributed by atoms with Crippen LogP contribution in [0.15, 0.2) is 12.1 Å². The maximum absolute atomic E-state index is 6.25. The van der Waals surface area contributed by atoms with Crippen LogP contribution in [0.25, 0.3) is 0 Å². The van der Waals surface area contributed by atoms with E-state index in [1.807, 2.05) is 12.1 Å². The predicted octanol–water partition coefficient (Wildman–Crippen LogP) is 3.17. The lowest BCUT2D eigenvalue weighted by Gasteiger charge is -2.19. The SMILES string of the molecule is NCCCCCCc1cc2c(cc1Cl)OCCO2. The highest BCUT2D eigenvalue weighted by atomic mass is 35.5. The topological polar surface area (TPSA) is 44.5 Å². The summed E-state index contributed by atoms with van der Waals surface area (Å²) in [5.41, 5.74) is 6.62. The van der Waals surface area contributed by atoms with Crippen molar-refractivity contribution in [2.45, 2.75) is 32.1 Å². The van der Waals surface area contributed by atoms with Gasteiger partial charge in [0, 0.05) is 11.1 Å². The van der Waals surface area contributed by atoms with Crippen LogP contribution in [0.2, 0.25) is 5.02 Å². The maximum atomic E-state index is 6.25. The van der Waals surface area contributed by atoms with Gasteiger partial charge in [-0.1, -0.05) is 24.4 Å². The average molecular weight is 270 g/mol. The van der Waals surface area contributed by atoms with Crippen molar-refractivity contribution in [3.05, 3.63) is 22.7 Å². The molecular formula is C14H20ClNO2. The van der Waals surface area contributed by atoms with Crippen molar-refractivity contribution in [1.82, 2.24) is 0 Å². The summed E-state index contributed by atoms with van der Waals surface area (Å²) < 4.78 is 11.1. The highest BCUT2D eigenvalue weighted by molar-refractivity contribution is 6.31. The molecule has 3 nitrogen and oxygen atoms in total. The van der Waals surface area contributed by atoms with Crippen LogP contribution in [0.1, 0.15) is 31.2 Å². The molecule has 0 bridgehead atoms. The van der Waals surface area contributed by atoms with E-state index in [4.69, 9.17) is 26.8 Å². The van der Waals surface area contributed by atoms with Crippen molar-refractivity contribution >= 4 is 11.6 Å². The van der Waals surface area contributed by atoms with Crippen molar-refractivity contribution in [2.24, 2.45) is 5.73 Å². The largest absolute Gasteiger partial charge is 0.486 e. The van der Waals surface area contributed by atoms with Gasteiger partial charge in [0.05, 0.1) is 0 Å². The molecule has 4 heteroatoms. The van der Waals surface area contributed by atoms with Gasteiger partial charge in [0.25, 0.3) is 0 Å². The Morgan fingerprint density at radius 3 is 2.39 bits per heavy atom. The molecule has 0 aliphatic carbocycles. The predicted molar refractivity (Wildman–Crippen MR) is 73.7 cm³/mol. The van der Waals surface area contributed by atoms with Crippen LogP contribution in [0.4, 0.5) is 0 Å². The van der Waals surface area contributed by atoms with E-state index >= 15 is 0 Å². The van der Waals surface area contributed by atoms with E-state index in [1.165, 1.54) is 12.8 Å². The van der Waals surface area contributed by atoms with E-state index in [-0.39, 0.29) is 0 Å². The molecule has 1 aromatic carbocycles. The zero-order chi connectivity index (χ0) is 12.8. The monoisotopic (exact) mass is 269 g/mol. The first-order chi connectivity index (χ1) is 8.81. The molecule has 100 valence electrons. The number of nitrogens with two attached hydrogens (primary N) is 1. The summed E-state index contributed by atoms with van der Waals surface area (Å²) >= 11 is 6.25. The summed E-state index contributed by atoms with van der Waals surface area (Å²) in [7, 11) is 0. The van der Waals surface area contributed by atoms with Gasteiger partial charge >= 0.3 is 0 Å². The molecule has 0 fully saturated rings. The summed E-state index contributed by atoms with van der Waals surface area (Å²) in [5.74, 6) is 1.58. The Balaban J connectivity index is 1.91. The van der Waals surface area contributed by atoms with Crippen LogP contribution in [0.5, 0.6) is 11.5 Å². The number of fused-ring (bicyclic) bond motifs is 1. The number of aryl methyl sites for hydroxylation is 1. The summed E-state index contributed by atoms with van der Waals surface area (Å²) in [6.45, 7) is 2.00. The van der Waals surface area contributed by atoms with E-state index in [2.05, 4.69) is 0 Å². The lowest BCUT2D eigenvalue weighted by atomic mass is 10.1. The zero-order valence-corrected chi connectivity index (χ0v) is 11.3. The first-order valence-electron chi connectivity index (χ1n) is 6.59. The molecule has 2 N–H and O–H groups in total. The standard InChI is InChI=1S/C14H20ClNO2/c15-12-10-14-13(17-7-8-18-14)9-11(12)5-3-1-2-4-6-16/h9-10H,1-8,16H2. The molecule has 1 aliphatic rings. The van der Waals surface area contributed by atoms with Gasteiger partial charge in [0.2, 0.25) is 0 Å². The number of hydrogen-bond donors (Lipinski definition) is 1. The molecule has 0 radical (unpaired) electrons. The lowest BCUT2D eigenvalue weighted by molar-refractivity contribution is 0.171. The molecule has 1 aromatic rings. The highest BCUT2D eigenvalue weighted by Gasteiger charge is 2.14. The third-order valence-corrected chi connectivity index (χ3v) is 3.46. The minimum absolute atomic E-state index is 0.599. The van der Waals surface area contributed by atoms with Gasteiger partial charge in [0.1, 0.15) is 13.2 Å². The van der Waals surface area contributed by atoms with E-state index in [1.54, 1.807) is 0 Å². The first-order valence-corrected chi connectivity index (χ1v) is 6.97. The molecule has 0 atom stereocenters. The summed E-state index contributed by atoms with van der Waals surface area (Å²) in [6.07, 6.45) is 5.62. The fourth-order valence-electron chi connectivity index (χ4n) is 2.11. The van der Waals surface area contributed by atoms with Crippen LogP contribution in [-0.4, -0.2) is 19.8 Å². The first kappa shape index (κ1) is 13.5. The number of rotatable bonds is 6. The number of ether oxygens (including phenoxy) is 2. The van der Waals surface area contributed by atoms with Crippen molar-refractivity contribution < 1.29 is 9.47 Å². The van der Waals surface area contributed by atoms with Crippen LogP contribution < -0.4 is 15.2 Å². The number of benzene rings is 1. The lowest BCUT2D eigenvalue weighted by Crippen LogP contribution is -2.15. The van der Waals surface area contributed by atoms with E-state index in [9.17, 15) is 0 Å². The summed E-state index contributed by atoms with van der Waals surface area (Å²) in [6, 6.07) is 3.88. The second-order valence-electron chi connectivity index (χ2n) is 4.54. The van der Waals surface area contributed by atoms with Crippen molar-refractivity contribution in [3.8, 4) is 11.5 Å². The minimum atomic E-state index is 0.599. The quantitative estimate of drug-likeness (QED) is 0.807. The minimum Gasteiger partial charge on any atom is -0.486 e. The average Bonchev–Trinajstić information content (AvgIpc) is 2.39. The van der Waals surface area contributed by atoms with Crippen molar-refractivity contribution in [3.63, 3.8) is 0 Å². The third kappa shape index (κ3) is 3.53. The molecule has 0 saturated heterocycles. The second-order valence-corrected chi connectivity index (χ2v) is 4.95. The van der Waals surface area contributed by atoms with E-state index in [0.29, 0.717) is 13.2 Å². The Labute approximate surface area is 113 Å². The molecule has 0 aromatic heterocycles. The van der Waals surface area contributed by atoms with Gasteiger partial charge in [-0.3, -0.25) is 0 Å². The molecule has 0 spiro atoms. The highest BCUT2D eigenvalue weighted by Crippen LogP contribution is 2.35. The molecular weight excluding hydrogens is 250 g/mol. The Morgan fingerprint density at radius 1 is 1.00 bits per heavy atom. The van der Waals surface area contributed by atoms with Crippen molar-refractivity contribution in [1.29, 1.82) is 0 Å². The van der Waals surface area contributed by atoms with E-state index in [0.717, 1.165) is 47.9 Å². The fourth-order valence-corrected chi connectivity index (χ4v) is 2.36. The number of hydrogen-bond acceptors (Lipinski definition) is 3. The zero-order valence-electron chi connectivity index (χ0n) is 10.6. The Bertz CT molecular complexity index is 396. The van der Waals surface area contributed by atoms with Gasteiger partial charge in [0.15, 0.2) is 11.5 Å². The number of halogens is 1. The maximum Gasteiger partial charge on any atom is 0.162 e. The summed E-state index contributed by atoms with van der Waals surface area (Å²) in [5, 5.41) is 0.776. The molecule has 0 unspecified atom stereocenters. The number of unbranched alkanes of at least 4 members (excludes halogenated alkanes) is 3. The third-order valence-electron chi connectivity index (χ3n) is 3.11. The Kier molecular flexibility index (Phi) is 5.14. The Morgan fingerprint density at radius 2 is 1.67 bits per heavy atom. The van der Waals surface area contributed by atoms with Crippen LogP contribution in [0, 0.1) is 0 Å². The molecule has 2 rings (SSSR count). The smallest absolute Gasteiger partial charge is 0.162 e. The van der Waals surface area contributed by atoms with Crippen molar-refractivity contribution in [2.75, 3.05) is 19.8 Å². The normalized spacial score (nSPS) is 13.7. The molecule has 18 heavy (non-hydrogen) atoms. The van der Waals surface area contributed by atoms with Gasteiger partial charge < -0.3 is 15.2 Å². The van der Waals surface area contributed by atoms with E-state index < -0.39 is 0 Å². The Hall–Kier alpha value is -0.930. The molecule has 0 saturated carbocycles. The van der Waals surface area contributed by atoms with Gasteiger partial charge in [-0.2, -0.15) is 0 Å². The fraction of sp³-hybridized carbons (Fsp3) is 0.571. The molecule has 0 amide bonds. The van der Waals surface area contributed by atoms with Gasteiger partial charge in [-0.25, -0.2) is 0 Å². The van der Waals surface area contributed by atoms with Gasteiger partial charge in [-0.15, -0.1) is 0 Å². The summed E-state index contributed by atoms with van der Waals surface area (Å²) in [4.78, 5) is 0. The molecule has 1 heterocycles. The second kappa shape index (κ2) is 6.86. The van der Waals surface area contributed by atoms with Crippen LogP contribution >= 0.6 is 11.6 Å². The van der Waals surface area contributed by atoms with Crippen LogP contribution in [-0.2, 0) is 6.42 Å². The molecule has 1 aliphatic heterocycles. The van der Waals surface area contributed by atoms with Crippen LogP contribution in [0.3, 0.4) is 0 Å².